The zero-order chi connectivity index (χ0) is 10.6. The van der Waals surface area contributed by atoms with Gasteiger partial charge in [0, 0.05) is 5.69 Å². The molecule has 0 saturated carbocycles. The molecule has 5 heteroatoms. The van der Waals surface area contributed by atoms with Crippen molar-refractivity contribution in [1.82, 2.24) is 0 Å². The third-order valence-corrected chi connectivity index (χ3v) is 1.81. The molecule has 0 saturated heterocycles. The highest BCUT2D eigenvalue weighted by molar-refractivity contribution is 5.96. The average molecular weight is 196 g/mol. The van der Waals surface area contributed by atoms with Gasteiger partial charge in [0.2, 0.25) is 0 Å². The van der Waals surface area contributed by atoms with E-state index in [2.05, 4.69) is 9.57 Å². The van der Waals surface area contributed by atoms with Crippen molar-refractivity contribution in [3.05, 3.63) is 29.3 Å². The summed E-state index contributed by atoms with van der Waals surface area (Å²) < 4.78 is 4.59. The molecule has 0 aliphatic carbocycles. The Morgan fingerprint density at radius 3 is 2.79 bits per heavy atom. The van der Waals surface area contributed by atoms with Crippen molar-refractivity contribution in [1.29, 1.82) is 0 Å². The minimum atomic E-state index is -0.491. The maximum atomic E-state index is 11.3. The van der Waals surface area contributed by atoms with Gasteiger partial charge in [0.15, 0.2) is 0 Å². The normalized spacial score (nSPS) is 9.86. The number of ether oxygens (including phenoxy) is 1. The molecule has 0 heterocycles. The van der Waals surface area contributed by atoms with Crippen molar-refractivity contribution in [2.45, 2.75) is 6.61 Å². The number of nitrogen functional groups attached to an aromatic ring is 1. The van der Waals surface area contributed by atoms with Crippen molar-refractivity contribution in [3.8, 4) is 0 Å². The van der Waals surface area contributed by atoms with Crippen LogP contribution < -0.4 is 11.6 Å². The van der Waals surface area contributed by atoms with E-state index in [0.29, 0.717) is 16.8 Å². The molecule has 1 aromatic carbocycles. The van der Waals surface area contributed by atoms with E-state index in [-0.39, 0.29) is 6.61 Å². The fourth-order valence-corrected chi connectivity index (χ4v) is 1.18. The third kappa shape index (κ3) is 2.01. The van der Waals surface area contributed by atoms with Gasteiger partial charge >= 0.3 is 5.97 Å². The van der Waals surface area contributed by atoms with Gasteiger partial charge in [-0.1, -0.05) is 12.1 Å². The first-order valence-electron chi connectivity index (χ1n) is 3.98. The number of methoxy groups -OCH3 is 1. The van der Waals surface area contributed by atoms with Gasteiger partial charge in [0.25, 0.3) is 0 Å². The molecule has 0 aliphatic heterocycles. The zero-order valence-electron chi connectivity index (χ0n) is 7.82. The Balaban J connectivity index is 3.15. The van der Waals surface area contributed by atoms with Crippen LogP contribution in [-0.4, -0.2) is 13.1 Å². The Bertz CT molecular complexity index is 339. The van der Waals surface area contributed by atoms with Crippen molar-refractivity contribution in [2.24, 2.45) is 5.90 Å². The van der Waals surface area contributed by atoms with Gasteiger partial charge in [0.05, 0.1) is 19.3 Å². The molecule has 4 N–H and O–H groups in total. The Labute approximate surface area is 81.5 Å². The summed E-state index contributed by atoms with van der Waals surface area (Å²) in [5.41, 5.74) is 6.90. The van der Waals surface area contributed by atoms with Gasteiger partial charge in [-0.3, -0.25) is 4.84 Å². The van der Waals surface area contributed by atoms with E-state index < -0.39 is 5.97 Å². The molecule has 1 rings (SSSR count). The Kier molecular flexibility index (Phi) is 3.44. The highest BCUT2D eigenvalue weighted by atomic mass is 16.6. The second-order valence-corrected chi connectivity index (χ2v) is 2.68. The first-order chi connectivity index (χ1) is 6.70. The maximum Gasteiger partial charge on any atom is 0.340 e. The molecule has 76 valence electrons. The van der Waals surface area contributed by atoms with Crippen LogP contribution in [0, 0.1) is 0 Å². The van der Waals surface area contributed by atoms with E-state index in [9.17, 15) is 4.79 Å². The zero-order valence-corrected chi connectivity index (χ0v) is 7.82. The summed E-state index contributed by atoms with van der Waals surface area (Å²) in [4.78, 5) is 15.8. The number of nitrogens with two attached hydrogens (primary N) is 2. The van der Waals surface area contributed by atoms with Crippen LogP contribution in [-0.2, 0) is 16.2 Å². The lowest BCUT2D eigenvalue weighted by Crippen LogP contribution is -2.11. The van der Waals surface area contributed by atoms with Crippen LogP contribution in [0.3, 0.4) is 0 Å². The van der Waals surface area contributed by atoms with E-state index in [4.69, 9.17) is 11.6 Å². The number of hydrogen-bond donors (Lipinski definition) is 2. The molecule has 0 unspecified atom stereocenters. The first-order valence-corrected chi connectivity index (χ1v) is 3.98. The molecule has 0 bridgehead atoms. The average Bonchev–Trinajstić information content (AvgIpc) is 2.18. The van der Waals surface area contributed by atoms with Gasteiger partial charge in [-0.15, -0.1) is 0 Å². The van der Waals surface area contributed by atoms with Gasteiger partial charge in [-0.25, -0.2) is 10.7 Å². The first kappa shape index (κ1) is 10.5. The number of benzene rings is 1. The van der Waals surface area contributed by atoms with Crippen molar-refractivity contribution >= 4 is 11.7 Å². The standard InChI is InChI=1S/C9H12N2O3/c1-13-9(12)8-6(5-14-11)3-2-4-7(8)10/h2-4H,5,10-11H2,1H3. The Morgan fingerprint density at radius 2 is 2.21 bits per heavy atom. The molecule has 0 amide bonds. The summed E-state index contributed by atoms with van der Waals surface area (Å²) in [6.07, 6.45) is 0. The molecule has 0 aromatic heterocycles. The summed E-state index contributed by atoms with van der Waals surface area (Å²) in [7, 11) is 1.29. The predicted molar refractivity (Wildman–Crippen MR) is 51.2 cm³/mol. The minimum absolute atomic E-state index is 0.121. The summed E-state index contributed by atoms with van der Waals surface area (Å²) in [5, 5.41) is 0. The van der Waals surface area contributed by atoms with Gasteiger partial charge in [-0.05, 0) is 11.6 Å². The van der Waals surface area contributed by atoms with Crippen LogP contribution in [0.4, 0.5) is 5.69 Å². The lowest BCUT2D eigenvalue weighted by atomic mass is 10.1. The molecule has 1 aromatic rings. The molecule has 0 fully saturated rings. The molecule has 0 radical (unpaired) electrons. The van der Waals surface area contributed by atoms with Crippen LogP contribution in [0.15, 0.2) is 18.2 Å². The summed E-state index contributed by atoms with van der Waals surface area (Å²) in [5.74, 6) is 4.44. The van der Waals surface area contributed by atoms with E-state index in [1.807, 2.05) is 0 Å². The quantitative estimate of drug-likeness (QED) is 0.416. The lowest BCUT2D eigenvalue weighted by Gasteiger charge is -2.08. The van der Waals surface area contributed by atoms with Gasteiger partial charge in [0.1, 0.15) is 0 Å². The van der Waals surface area contributed by atoms with E-state index in [1.54, 1.807) is 18.2 Å². The van der Waals surface area contributed by atoms with Crippen molar-refractivity contribution < 1.29 is 14.4 Å². The third-order valence-electron chi connectivity index (χ3n) is 1.81. The van der Waals surface area contributed by atoms with Crippen molar-refractivity contribution in [2.75, 3.05) is 12.8 Å². The number of hydrogen-bond acceptors (Lipinski definition) is 5. The SMILES string of the molecule is COC(=O)c1c(N)cccc1CON. The van der Waals surface area contributed by atoms with Gasteiger partial charge < -0.3 is 10.5 Å². The number of carbonyl (C=O) groups excluding carboxylic acids is 1. The molecule has 14 heavy (non-hydrogen) atoms. The summed E-state index contributed by atoms with van der Waals surface area (Å²) in [6.45, 7) is 0.121. The predicted octanol–water partition coefficient (Wildman–Crippen LogP) is 0.446. The Hall–Kier alpha value is -1.59. The highest BCUT2D eigenvalue weighted by Crippen LogP contribution is 2.18. The number of carbonyl (C=O) groups is 1. The lowest BCUT2D eigenvalue weighted by molar-refractivity contribution is 0.0594. The van der Waals surface area contributed by atoms with E-state index >= 15 is 0 Å². The molecule has 0 aliphatic rings. The highest BCUT2D eigenvalue weighted by Gasteiger charge is 2.14. The molecular weight excluding hydrogens is 184 g/mol. The topological polar surface area (TPSA) is 87.6 Å². The second-order valence-electron chi connectivity index (χ2n) is 2.68. The second kappa shape index (κ2) is 4.59. The van der Waals surface area contributed by atoms with Crippen LogP contribution in [0.25, 0.3) is 0 Å². The fourth-order valence-electron chi connectivity index (χ4n) is 1.18. The Morgan fingerprint density at radius 1 is 1.50 bits per heavy atom. The molecule has 0 atom stereocenters. The number of rotatable bonds is 3. The van der Waals surface area contributed by atoms with Crippen LogP contribution in [0.5, 0.6) is 0 Å². The monoisotopic (exact) mass is 196 g/mol. The summed E-state index contributed by atoms with van der Waals surface area (Å²) >= 11 is 0. The fraction of sp³-hybridized carbons (Fsp3) is 0.222. The minimum Gasteiger partial charge on any atom is -0.465 e. The molecule has 0 spiro atoms. The van der Waals surface area contributed by atoms with Crippen LogP contribution in [0.1, 0.15) is 15.9 Å². The van der Waals surface area contributed by atoms with E-state index in [1.165, 1.54) is 7.11 Å². The smallest absolute Gasteiger partial charge is 0.340 e. The number of anilines is 1. The van der Waals surface area contributed by atoms with Crippen LogP contribution in [0.2, 0.25) is 0 Å². The summed E-state index contributed by atoms with van der Waals surface area (Å²) in [6, 6.07) is 5.04. The van der Waals surface area contributed by atoms with Gasteiger partial charge in [-0.2, -0.15) is 0 Å². The van der Waals surface area contributed by atoms with E-state index in [0.717, 1.165) is 0 Å². The molecular formula is C9H12N2O3. The molecule has 5 nitrogen and oxygen atoms in total. The van der Waals surface area contributed by atoms with Crippen LogP contribution >= 0.6 is 0 Å². The maximum absolute atomic E-state index is 11.3. The largest absolute Gasteiger partial charge is 0.465 e. The number of esters is 1. The van der Waals surface area contributed by atoms with Crippen molar-refractivity contribution in [3.63, 3.8) is 0 Å².